The fraction of sp³-hybridized carbons (Fsp3) is 0.286. The van der Waals surface area contributed by atoms with Crippen LogP contribution in [0.2, 0.25) is 0 Å². The molecule has 0 saturated carbocycles. The van der Waals surface area contributed by atoms with E-state index in [0.29, 0.717) is 13.1 Å². The standard InChI is InChI=1S/C21H24N2O3S/c24-21(18-27(25,26)20-11-5-2-6-12-20)23-16-14-22(15-17-23)13-7-10-19-8-3-1-4-9-19/h1-12H,13-18H2/b10-7+. The molecule has 0 atom stereocenters. The molecule has 0 aliphatic carbocycles. The van der Waals surface area contributed by atoms with Gasteiger partial charge in [0.2, 0.25) is 5.91 Å². The summed E-state index contributed by atoms with van der Waals surface area (Å²) in [5.74, 6) is -0.788. The number of benzene rings is 2. The zero-order chi connectivity index (χ0) is 19.1. The van der Waals surface area contributed by atoms with E-state index < -0.39 is 15.6 Å². The van der Waals surface area contributed by atoms with Crippen LogP contribution in [0, 0.1) is 0 Å². The van der Waals surface area contributed by atoms with Gasteiger partial charge in [-0.15, -0.1) is 0 Å². The maximum absolute atomic E-state index is 12.4. The first kappa shape index (κ1) is 19.3. The van der Waals surface area contributed by atoms with Crippen LogP contribution in [0.15, 0.2) is 71.6 Å². The highest BCUT2D eigenvalue weighted by molar-refractivity contribution is 7.92. The minimum Gasteiger partial charge on any atom is -0.339 e. The summed E-state index contributed by atoms with van der Waals surface area (Å²) < 4.78 is 24.7. The predicted octanol–water partition coefficient (Wildman–Crippen LogP) is 2.32. The van der Waals surface area contributed by atoms with Crippen LogP contribution < -0.4 is 0 Å². The van der Waals surface area contributed by atoms with Crippen LogP contribution in [0.1, 0.15) is 5.56 Å². The Hall–Kier alpha value is -2.44. The summed E-state index contributed by atoms with van der Waals surface area (Å²) in [4.78, 5) is 16.5. The summed E-state index contributed by atoms with van der Waals surface area (Å²) in [6, 6.07) is 18.3. The van der Waals surface area contributed by atoms with Crippen molar-refractivity contribution in [3.63, 3.8) is 0 Å². The molecular weight excluding hydrogens is 360 g/mol. The average molecular weight is 385 g/mol. The zero-order valence-corrected chi connectivity index (χ0v) is 16.0. The Labute approximate surface area is 160 Å². The molecule has 6 heteroatoms. The molecule has 0 aromatic heterocycles. The van der Waals surface area contributed by atoms with Crippen molar-refractivity contribution in [3.8, 4) is 0 Å². The summed E-state index contributed by atoms with van der Waals surface area (Å²) >= 11 is 0. The van der Waals surface area contributed by atoms with E-state index in [9.17, 15) is 13.2 Å². The lowest BCUT2D eigenvalue weighted by molar-refractivity contribution is -0.130. The summed E-state index contributed by atoms with van der Waals surface area (Å²) in [5.41, 5.74) is 1.16. The molecule has 0 radical (unpaired) electrons. The van der Waals surface area contributed by atoms with Crippen molar-refractivity contribution in [1.29, 1.82) is 0 Å². The smallest absolute Gasteiger partial charge is 0.238 e. The fourth-order valence-corrected chi connectivity index (χ4v) is 4.29. The van der Waals surface area contributed by atoms with Crippen molar-refractivity contribution in [2.75, 3.05) is 38.5 Å². The van der Waals surface area contributed by atoms with Crippen molar-refractivity contribution >= 4 is 21.8 Å². The monoisotopic (exact) mass is 384 g/mol. The van der Waals surface area contributed by atoms with Gasteiger partial charge in [-0.25, -0.2) is 8.42 Å². The molecule has 0 bridgehead atoms. The first-order chi connectivity index (χ1) is 13.0. The molecule has 1 amide bonds. The second kappa shape index (κ2) is 8.97. The fourth-order valence-electron chi connectivity index (χ4n) is 3.05. The second-order valence-corrected chi connectivity index (χ2v) is 8.56. The van der Waals surface area contributed by atoms with Gasteiger partial charge in [0.05, 0.1) is 4.90 Å². The predicted molar refractivity (Wildman–Crippen MR) is 107 cm³/mol. The van der Waals surface area contributed by atoms with Gasteiger partial charge < -0.3 is 4.90 Å². The maximum atomic E-state index is 12.4. The Bertz CT molecular complexity index is 872. The Morgan fingerprint density at radius 1 is 0.889 bits per heavy atom. The molecule has 3 rings (SSSR count). The van der Waals surface area contributed by atoms with E-state index in [1.807, 2.05) is 18.2 Å². The van der Waals surface area contributed by atoms with Crippen LogP contribution in [0.5, 0.6) is 0 Å². The molecular formula is C21H24N2O3S. The number of amides is 1. The Kier molecular flexibility index (Phi) is 6.42. The van der Waals surface area contributed by atoms with E-state index in [-0.39, 0.29) is 10.8 Å². The molecule has 2 aromatic rings. The molecule has 0 unspecified atom stereocenters. The Balaban J connectivity index is 1.47. The highest BCUT2D eigenvalue weighted by Gasteiger charge is 2.26. The molecule has 1 fully saturated rings. The lowest BCUT2D eigenvalue weighted by Crippen LogP contribution is -2.50. The number of carbonyl (C=O) groups is 1. The van der Waals surface area contributed by atoms with Crippen LogP contribution in [0.3, 0.4) is 0 Å². The van der Waals surface area contributed by atoms with Gasteiger partial charge in [0.15, 0.2) is 9.84 Å². The van der Waals surface area contributed by atoms with Gasteiger partial charge in [0, 0.05) is 32.7 Å². The number of rotatable bonds is 6. The number of piperazine rings is 1. The SMILES string of the molecule is O=C(CS(=O)(=O)c1ccccc1)N1CCN(C/C=C/c2ccccc2)CC1. The van der Waals surface area contributed by atoms with Crippen LogP contribution in [-0.2, 0) is 14.6 Å². The zero-order valence-electron chi connectivity index (χ0n) is 15.2. The van der Waals surface area contributed by atoms with Gasteiger partial charge >= 0.3 is 0 Å². The second-order valence-electron chi connectivity index (χ2n) is 6.57. The third kappa shape index (κ3) is 5.52. The van der Waals surface area contributed by atoms with E-state index in [2.05, 4.69) is 29.2 Å². The molecule has 1 saturated heterocycles. The summed E-state index contributed by atoms with van der Waals surface area (Å²) in [6.45, 7) is 3.43. The van der Waals surface area contributed by atoms with E-state index in [4.69, 9.17) is 0 Å². The molecule has 2 aromatic carbocycles. The molecule has 1 aliphatic rings. The first-order valence-electron chi connectivity index (χ1n) is 9.04. The molecule has 1 aliphatic heterocycles. The van der Waals surface area contributed by atoms with Crippen molar-refractivity contribution in [3.05, 3.63) is 72.3 Å². The summed E-state index contributed by atoms with van der Waals surface area (Å²) in [7, 11) is -3.58. The molecule has 1 heterocycles. The van der Waals surface area contributed by atoms with Crippen molar-refractivity contribution in [2.24, 2.45) is 0 Å². The normalized spacial score (nSPS) is 15.9. The Morgan fingerprint density at radius 3 is 2.11 bits per heavy atom. The van der Waals surface area contributed by atoms with E-state index in [0.717, 1.165) is 25.2 Å². The highest BCUT2D eigenvalue weighted by atomic mass is 32.2. The molecule has 0 spiro atoms. The van der Waals surface area contributed by atoms with Gasteiger partial charge in [0.25, 0.3) is 0 Å². The maximum Gasteiger partial charge on any atom is 0.238 e. The molecule has 142 valence electrons. The van der Waals surface area contributed by atoms with Crippen LogP contribution in [0.4, 0.5) is 0 Å². The molecule has 5 nitrogen and oxygen atoms in total. The lowest BCUT2D eigenvalue weighted by atomic mass is 10.2. The van der Waals surface area contributed by atoms with E-state index in [1.54, 1.807) is 23.1 Å². The molecule has 27 heavy (non-hydrogen) atoms. The van der Waals surface area contributed by atoms with Gasteiger partial charge in [-0.1, -0.05) is 60.7 Å². The van der Waals surface area contributed by atoms with Gasteiger partial charge in [-0.05, 0) is 17.7 Å². The van der Waals surface area contributed by atoms with E-state index in [1.165, 1.54) is 12.1 Å². The number of sulfone groups is 1. The average Bonchev–Trinajstić information content (AvgIpc) is 2.70. The molecule has 0 N–H and O–H groups in total. The van der Waals surface area contributed by atoms with Gasteiger partial charge in [0.1, 0.15) is 5.75 Å². The van der Waals surface area contributed by atoms with Gasteiger partial charge in [-0.2, -0.15) is 0 Å². The Morgan fingerprint density at radius 2 is 1.48 bits per heavy atom. The third-order valence-electron chi connectivity index (χ3n) is 4.61. The minimum atomic E-state index is -3.58. The number of hydrogen-bond donors (Lipinski definition) is 0. The summed E-state index contributed by atoms with van der Waals surface area (Å²) in [6.07, 6.45) is 4.20. The van der Waals surface area contributed by atoms with Crippen molar-refractivity contribution < 1.29 is 13.2 Å². The van der Waals surface area contributed by atoms with Crippen molar-refractivity contribution in [2.45, 2.75) is 4.90 Å². The lowest BCUT2D eigenvalue weighted by Gasteiger charge is -2.34. The first-order valence-corrected chi connectivity index (χ1v) is 10.7. The topological polar surface area (TPSA) is 57.7 Å². The van der Waals surface area contributed by atoms with E-state index >= 15 is 0 Å². The number of carbonyl (C=O) groups excluding carboxylic acids is 1. The summed E-state index contributed by atoms with van der Waals surface area (Å²) in [5, 5.41) is 0. The number of hydrogen-bond acceptors (Lipinski definition) is 4. The van der Waals surface area contributed by atoms with Crippen LogP contribution >= 0.6 is 0 Å². The van der Waals surface area contributed by atoms with Crippen LogP contribution in [0.25, 0.3) is 6.08 Å². The minimum absolute atomic E-state index is 0.197. The van der Waals surface area contributed by atoms with Crippen molar-refractivity contribution in [1.82, 2.24) is 9.80 Å². The third-order valence-corrected chi connectivity index (χ3v) is 6.23. The number of nitrogens with zero attached hydrogens (tertiary/aromatic N) is 2. The van der Waals surface area contributed by atoms with Gasteiger partial charge in [-0.3, -0.25) is 9.69 Å². The van der Waals surface area contributed by atoms with Crippen LogP contribution in [-0.4, -0.2) is 62.6 Å². The highest BCUT2D eigenvalue weighted by Crippen LogP contribution is 2.12. The quantitative estimate of drug-likeness (QED) is 0.767. The largest absolute Gasteiger partial charge is 0.339 e.